The van der Waals surface area contributed by atoms with E-state index in [0.717, 1.165) is 5.56 Å². The zero-order chi connectivity index (χ0) is 21.4. The molecule has 0 aliphatic carbocycles. The molecular formula is C21H31N3O5. The fourth-order valence-corrected chi connectivity index (χ4v) is 3.32. The van der Waals surface area contributed by atoms with E-state index < -0.39 is 35.4 Å². The summed E-state index contributed by atoms with van der Waals surface area (Å²) in [6.45, 7) is 4.28. The molecule has 1 saturated heterocycles. The standard InChI is InChI=1S/C21H31N3O5/c1-14(2)17(19(26)28-3)23-20(27)21(9-11-29-12-10-21)24-18(25)16(22)13-15-7-5-4-6-8-15/h4-8,14,16-17H,9-13,22H2,1-3H3,(H,23,27)(H,24,25)/t16-,17-/m0/s1. The third-order valence-corrected chi connectivity index (χ3v) is 5.19. The first-order valence-electron chi connectivity index (χ1n) is 9.87. The number of rotatable bonds is 8. The van der Waals surface area contributed by atoms with Crippen molar-refractivity contribution in [3.8, 4) is 0 Å². The van der Waals surface area contributed by atoms with E-state index in [1.807, 2.05) is 44.2 Å². The van der Waals surface area contributed by atoms with Crippen molar-refractivity contribution >= 4 is 17.8 Å². The van der Waals surface area contributed by atoms with E-state index in [1.165, 1.54) is 7.11 Å². The quantitative estimate of drug-likeness (QED) is 0.543. The molecule has 29 heavy (non-hydrogen) atoms. The van der Waals surface area contributed by atoms with Gasteiger partial charge in [-0.3, -0.25) is 9.59 Å². The Bertz CT molecular complexity index is 702. The summed E-state index contributed by atoms with van der Waals surface area (Å²) in [6.07, 6.45) is 0.959. The maximum atomic E-state index is 13.1. The van der Waals surface area contributed by atoms with E-state index in [-0.39, 0.29) is 5.92 Å². The van der Waals surface area contributed by atoms with Gasteiger partial charge in [-0.25, -0.2) is 4.79 Å². The number of nitrogens with one attached hydrogen (secondary N) is 2. The molecule has 2 amide bonds. The highest BCUT2D eigenvalue weighted by Gasteiger charge is 2.44. The molecule has 0 radical (unpaired) electrons. The van der Waals surface area contributed by atoms with E-state index in [1.54, 1.807) is 0 Å². The van der Waals surface area contributed by atoms with E-state index in [9.17, 15) is 14.4 Å². The Balaban J connectivity index is 2.13. The molecule has 2 rings (SSSR count). The van der Waals surface area contributed by atoms with Crippen molar-refractivity contribution in [2.75, 3.05) is 20.3 Å². The van der Waals surface area contributed by atoms with Crippen molar-refractivity contribution < 1.29 is 23.9 Å². The van der Waals surface area contributed by atoms with Gasteiger partial charge in [0.2, 0.25) is 11.8 Å². The molecule has 0 aromatic heterocycles. The van der Waals surface area contributed by atoms with Crippen LogP contribution in [0.2, 0.25) is 0 Å². The normalized spacial score (nSPS) is 17.8. The third kappa shape index (κ3) is 6.01. The van der Waals surface area contributed by atoms with Crippen LogP contribution in [0.1, 0.15) is 32.3 Å². The molecule has 1 aromatic carbocycles. The van der Waals surface area contributed by atoms with Gasteiger partial charge in [0.05, 0.1) is 13.2 Å². The van der Waals surface area contributed by atoms with Crippen LogP contribution in [0.25, 0.3) is 0 Å². The van der Waals surface area contributed by atoms with Crippen LogP contribution in [0.3, 0.4) is 0 Å². The molecule has 160 valence electrons. The molecular weight excluding hydrogens is 374 g/mol. The van der Waals surface area contributed by atoms with Crippen LogP contribution in [0.5, 0.6) is 0 Å². The largest absolute Gasteiger partial charge is 0.467 e. The van der Waals surface area contributed by atoms with Crippen molar-refractivity contribution in [2.45, 2.75) is 50.7 Å². The minimum absolute atomic E-state index is 0.167. The second-order valence-electron chi connectivity index (χ2n) is 7.70. The minimum Gasteiger partial charge on any atom is -0.467 e. The van der Waals surface area contributed by atoms with Gasteiger partial charge in [0, 0.05) is 26.1 Å². The molecule has 2 atom stereocenters. The van der Waals surface area contributed by atoms with Gasteiger partial charge < -0.3 is 25.8 Å². The minimum atomic E-state index is -1.18. The number of carbonyl (C=O) groups excluding carboxylic acids is 3. The Kier molecular flexibility index (Phi) is 8.16. The molecule has 8 nitrogen and oxygen atoms in total. The van der Waals surface area contributed by atoms with Gasteiger partial charge in [0.15, 0.2) is 0 Å². The average Bonchev–Trinajstić information content (AvgIpc) is 2.72. The number of esters is 1. The van der Waals surface area contributed by atoms with Crippen molar-refractivity contribution in [1.82, 2.24) is 10.6 Å². The summed E-state index contributed by atoms with van der Waals surface area (Å²) in [4.78, 5) is 38.0. The van der Waals surface area contributed by atoms with Gasteiger partial charge in [-0.05, 0) is 17.9 Å². The molecule has 1 aliphatic heterocycles. The van der Waals surface area contributed by atoms with E-state index in [4.69, 9.17) is 15.2 Å². The lowest BCUT2D eigenvalue weighted by molar-refractivity contribution is -0.148. The highest BCUT2D eigenvalue weighted by atomic mass is 16.5. The molecule has 4 N–H and O–H groups in total. The van der Waals surface area contributed by atoms with Crippen LogP contribution in [-0.2, 0) is 30.3 Å². The van der Waals surface area contributed by atoms with Crippen molar-refractivity contribution in [3.05, 3.63) is 35.9 Å². The first-order valence-corrected chi connectivity index (χ1v) is 9.87. The van der Waals surface area contributed by atoms with E-state index in [0.29, 0.717) is 32.5 Å². The first-order chi connectivity index (χ1) is 13.8. The number of hydrogen-bond donors (Lipinski definition) is 3. The molecule has 0 unspecified atom stereocenters. The fraction of sp³-hybridized carbons (Fsp3) is 0.571. The number of nitrogens with two attached hydrogens (primary N) is 1. The Morgan fingerprint density at radius 2 is 1.79 bits per heavy atom. The summed E-state index contributed by atoms with van der Waals surface area (Å²) in [5, 5.41) is 5.59. The first kappa shape index (κ1) is 22.8. The monoisotopic (exact) mass is 405 g/mol. The SMILES string of the molecule is COC(=O)[C@@H](NC(=O)C1(NC(=O)[C@@H](N)Cc2ccccc2)CCOCC1)C(C)C. The number of amides is 2. The van der Waals surface area contributed by atoms with E-state index >= 15 is 0 Å². The van der Waals surface area contributed by atoms with Gasteiger partial charge in [-0.1, -0.05) is 44.2 Å². The highest BCUT2D eigenvalue weighted by Crippen LogP contribution is 2.22. The highest BCUT2D eigenvalue weighted by molar-refractivity contribution is 5.95. The van der Waals surface area contributed by atoms with Gasteiger partial charge in [-0.15, -0.1) is 0 Å². The van der Waals surface area contributed by atoms with Crippen LogP contribution >= 0.6 is 0 Å². The molecule has 1 heterocycles. The zero-order valence-corrected chi connectivity index (χ0v) is 17.3. The summed E-state index contributed by atoms with van der Waals surface area (Å²) in [5.41, 5.74) is 5.86. The van der Waals surface area contributed by atoms with Gasteiger partial charge in [-0.2, -0.15) is 0 Å². The second-order valence-corrected chi connectivity index (χ2v) is 7.70. The average molecular weight is 405 g/mol. The van der Waals surface area contributed by atoms with Crippen LogP contribution in [-0.4, -0.2) is 55.7 Å². The Hall–Kier alpha value is -2.45. The van der Waals surface area contributed by atoms with Crippen LogP contribution in [0.4, 0.5) is 0 Å². The van der Waals surface area contributed by atoms with Gasteiger partial charge >= 0.3 is 5.97 Å². The summed E-state index contributed by atoms with van der Waals surface area (Å²) >= 11 is 0. The summed E-state index contributed by atoms with van der Waals surface area (Å²) < 4.78 is 10.2. The molecule has 1 fully saturated rings. The number of ether oxygens (including phenoxy) is 2. The Morgan fingerprint density at radius 1 is 1.17 bits per heavy atom. The predicted octanol–water partition coefficient (Wildman–Crippen LogP) is 0.536. The number of carbonyl (C=O) groups is 3. The summed E-state index contributed by atoms with van der Waals surface area (Å²) in [7, 11) is 1.28. The van der Waals surface area contributed by atoms with E-state index in [2.05, 4.69) is 10.6 Å². The Morgan fingerprint density at radius 3 is 2.34 bits per heavy atom. The zero-order valence-electron chi connectivity index (χ0n) is 17.3. The van der Waals surface area contributed by atoms with Crippen LogP contribution in [0, 0.1) is 5.92 Å². The second kappa shape index (κ2) is 10.4. The molecule has 1 aliphatic rings. The molecule has 8 heteroatoms. The Labute approximate surface area is 171 Å². The van der Waals surface area contributed by atoms with Crippen molar-refractivity contribution in [2.24, 2.45) is 11.7 Å². The summed E-state index contributed by atoms with van der Waals surface area (Å²) in [6, 6.07) is 7.84. The van der Waals surface area contributed by atoms with Crippen LogP contribution < -0.4 is 16.4 Å². The molecule has 0 saturated carbocycles. The van der Waals surface area contributed by atoms with Crippen molar-refractivity contribution in [1.29, 1.82) is 0 Å². The van der Waals surface area contributed by atoms with Crippen LogP contribution in [0.15, 0.2) is 30.3 Å². The molecule has 0 bridgehead atoms. The lowest BCUT2D eigenvalue weighted by Gasteiger charge is -2.38. The molecule has 1 aromatic rings. The maximum Gasteiger partial charge on any atom is 0.328 e. The summed E-state index contributed by atoms with van der Waals surface area (Å²) in [5.74, 6) is -1.53. The lowest BCUT2D eigenvalue weighted by Crippen LogP contribution is -2.65. The number of hydrogen-bond acceptors (Lipinski definition) is 6. The smallest absolute Gasteiger partial charge is 0.328 e. The lowest BCUT2D eigenvalue weighted by atomic mass is 9.87. The maximum absolute atomic E-state index is 13.1. The third-order valence-electron chi connectivity index (χ3n) is 5.19. The fourth-order valence-electron chi connectivity index (χ4n) is 3.32. The predicted molar refractivity (Wildman–Crippen MR) is 108 cm³/mol. The number of benzene rings is 1. The van der Waals surface area contributed by atoms with Crippen molar-refractivity contribution in [3.63, 3.8) is 0 Å². The number of methoxy groups -OCH3 is 1. The van der Waals surface area contributed by atoms with Gasteiger partial charge in [0.25, 0.3) is 0 Å². The topological polar surface area (TPSA) is 120 Å². The molecule has 0 spiro atoms. The van der Waals surface area contributed by atoms with Gasteiger partial charge in [0.1, 0.15) is 11.6 Å².